The molecule has 3 aromatic carbocycles. The fourth-order valence-corrected chi connectivity index (χ4v) is 2.63. The fraction of sp³-hybridized carbons (Fsp3) is 0.208. The van der Waals surface area contributed by atoms with Crippen molar-refractivity contribution in [1.82, 2.24) is 0 Å². The SMILES string of the molecule is CCOC(=O)COc1ccc(OCc2ccccc2)cc1OCc1ccccc1. The lowest BCUT2D eigenvalue weighted by atomic mass is 10.2. The Morgan fingerprint density at radius 1 is 0.724 bits per heavy atom. The molecule has 0 fully saturated rings. The van der Waals surface area contributed by atoms with Crippen LogP contribution in [0.3, 0.4) is 0 Å². The quantitative estimate of drug-likeness (QED) is 0.465. The molecule has 0 amide bonds. The molecule has 0 atom stereocenters. The molecule has 0 bridgehead atoms. The molecular formula is C24H24O5. The van der Waals surface area contributed by atoms with Crippen molar-refractivity contribution in [3.63, 3.8) is 0 Å². The first kappa shape index (κ1) is 20.3. The van der Waals surface area contributed by atoms with Gasteiger partial charge in [-0.3, -0.25) is 0 Å². The third-order valence-corrected chi connectivity index (χ3v) is 4.05. The number of hydrogen-bond donors (Lipinski definition) is 0. The van der Waals surface area contributed by atoms with E-state index in [1.165, 1.54) is 0 Å². The van der Waals surface area contributed by atoms with Crippen LogP contribution in [0.25, 0.3) is 0 Å². The van der Waals surface area contributed by atoms with E-state index in [9.17, 15) is 4.79 Å². The summed E-state index contributed by atoms with van der Waals surface area (Å²) in [5.41, 5.74) is 2.10. The number of rotatable bonds is 10. The van der Waals surface area contributed by atoms with Gasteiger partial charge in [-0.25, -0.2) is 4.79 Å². The molecule has 0 heterocycles. The van der Waals surface area contributed by atoms with Crippen LogP contribution in [-0.2, 0) is 22.7 Å². The molecule has 0 aromatic heterocycles. The lowest BCUT2D eigenvalue weighted by molar-refractivity contribution is -0.145. The highest BCUT2D eigenvalue weighted by molar-refractivity contribution is 5.71. The van der Waals surface area contributed by atoms with E-state index in [0.29, 0.717) is 37.1 Å². The van der Waals surface area contributed by atoms with Gasteiger partial charge in [0.2, 0.25) is 0 Å². The second-order valence-electron chi connectivity index (χ2n) is 6.25. The highest BCUT2D eigenvalue weighted by atomic mass is 16.6. The van der Waals surface area contributed by atoms with Crippen LogP contribution < -0.4 is 14.2 Å². The number of esters is 1. The molecule has 0 N–H and O–H groups in total. The van der Waals surface area contributed by atoms with E-state index in [1.807, 2.05) is 60.7 Å². The summed E-state index contributed by atoms with van der Waals surface area (Å²) in [7, 11) is 0. The Labute approximate surface area is 170 Å². The molecule has 5 heteroatoms. The van der Waals surface area contributed by atoms with Crippen molar-refractivity contribution >= 4 is 5.97 Å². The molecule has 150 valence electrons. The van der Waals surface area contributed by atoms with Gasteiger partial charge in [0.15, 0.2) is 18.1 Å². The standard InChI is InChI=1S/C24H24O5/c1-2-26-24(25)18-29-22-14-13-21(27-16-19-9-5-3-6-10-19)15-23(22)28-17-20-11-7-4-8-12-20/h3-15H,2,16-18H2,1H3. The molecule has 3 aromatic rings. The number of carbonyl (C=O) groups is 1. The second-order valence-corrected chi connectivity index (χ2v) is 6.25. The first-order chi connectivity index (χ1) is 14.2. The van der Waals surface area contributed by atoms with Gasteiger partial charge in [-0.2, -0.15) is 0 Å². The predicted molar refractivity (Wildman–Crippen MR) is 110 cm³/mol. The van der Waals surface area contributed by atoms with Gasteiger partial charge in [0, 0.05) is 6.07 Å². The molecule has 0 unspecified atom stereocenters. The van der Waals surface area contributed by atoms with Gasteiger partial charge in [0.25, 0.3) is 0 Å². The second kappa shape index (κ2) is 10.8. The molecule has 0 aliphatic heterocycles. The van der Waals surface area contributed by atoms with Gasteiger partial charge >= 0.3 is 5.97 Å². The molecule has 0 aliphatic carbocycles. The van der Waals surface area contributed by atoms with E-state index in [0.717, 1.165) is 11.1 Å². The van der Waals surface area contributed by atoms with Crippen molar-refractivity contribution in [3.8, 4) is 17.2 Å². The van der Waals surface area contributed by atoms with Gasteiger partial charge in [-0.1, -0.05) is 60.7 Å². The van der Waals surface area contributed by atoms with Gasteiger partial charge in [-0.15, -0.1) is 0 Å². The summed E-state index contributed by atoms with van der Waals surface area (Å²) < 4.78 is 22.3. The van der Waals surface area contributed by atoms with Gasteiger partial charge in [-0.05, 0) is 30.2 Å². The third-order valence-electron chi connectivity index (χ3n) is 4.05. The molecule has 5 nitrogen and oxygen atoms in total. The molecule has 0 saturated heterocycles. The van der Waals surface area contributed by atoms with Crippen LogP contribution in [0.5, 0.6) is 17.2 Å². The first-order valence-corrected chi connectivity index (χ1v) is 9.50. The van der Waals surface area contributed by atoms with Crippen molar-refractivity contribution < 1.29 is 23.7 Å². The van der Waals surface area contributed by atoms with Crippen molar-refractivity contribution in [2.75, 3.05) is 13.2 Å². The minimum atomic E-state index is -0.425. The van der Waals surface area contributed by atoms with Crippen LogP contribution in [0, 0.1) is 0 Å². The maximum Gasteiger partial charge on any atom is 0.344 e. The molecule has 0 aliphatic rings. The monoisotopic (exact) mass is 392 g/mol. The summed E-state index contributed by atoms with van der Waals surface area (Å²) in [5.74, 6) is 1.19. The lowest BCUT2D eigenvalue weighted by Gasteiger charge is -2.15. The summed E-state index contributed by atoms with van der Waals surface area (Å²) in [6.45, 7) is 2.71. The van der Waals surface area contributed by atoms with Crippen LogP contribution >= 0.6 is 0 Å². The van der Waals surface area contributed by atoms with Crippen LogP contribution in [0.1, 0.15) is 18.1 Å². The average molecular weight is 392 g/mol. The zero-order chi connectivity index (χ0) is 20.3. The molecule has 0 spiro atoms. The Bertz CT molecular complexity index is 894. The largest absolute Gasteiger partial charge is 0.489 e. The van der Waals surface area contributed by atoms with Gasteiger partial charge < -0.3 is 18.9 Å². The van der Waals surface area contributed by atoms with Crippen LogP contribution in [0.4, 0.5) is 0 Å². The van der Waals surface area contributed by atoms with Crippen molar-refractivity contribution in [2.24, 2.45) is 0 Å². The Hall–Kier alpha value is -3.47. The van der Waals surface area contributed by atoms with Crippen LogP contribution in [0.15, 0.2) is 78.9 Å². The summed E-state index contributed by atoms with van der Waals surface area (Å²) in [6.07, 6.45) is 0. The minimum absolute atomic E-state index is 0.181. The summed E-state index contributed by atoms with van der Waals surface area (Å²) in [6, 6.07) is 25.0. The van der Waals surface area contributed by atoms with Gasteiger partial charge in [0.05, 0.1) is 6.61 Å². The van der Waals surface area contributed by atoms with E-state index in [2.05, 4.69) is 0 Å². The highest BCUT2D eigenvalue weighted by Crippen LogP contribution is 2.32. The van der Waals surface area contributed by atoms with E-state index in [-0.39, 0.29) is 6.61 Å². The molecule has 0 radical (unpaired) electrons. The highest BCUT2D eigenvalue weighted by Gasteiger charge is 2.11. The zero-order valence-electron chi connectivity index (χ0n) is 16.4. The van der Waals surface area contributed by atoms with E-state index >= 15 is 0 Å². The molecule has 0 saturated carbocycles. The van der Waals surface area contributed by atoms with E-state index < -0.39 is 5.97 Å². The third kappa shape index (κ3) is 6.57. The predicted octanol–water partition coefficient (Wildman–Crippen LogP) is 4.79. The molecular weight excluding hydrogens is 368 g/mol. The summed E-state index contributed by atoms with van der Waals surface area (Å²) in [4.78, 5) is 11.6. The van der Waals surface area contributed by atoms with Gasteiger partial charge in [0.1, 0.15) is 19.0 Å². The lowest BCUT2D eigenvalue weighted by Crippen LogP contribution is -2.15. The van der Waals surface area contributed by atoms with E-state index in [1.54, 1.807) is 25.1 Å². The number of carbonyl (C=O) groups excluding carboxylic acids is 1. The van der Waals surface area contributed by atoms with E-state index in [4.69, 9.17) is 18.9 Å². The fourth-order valence-electron chi connectivity index (χ4n) is 2.63. The summed E-state index contributed by atoms with van der Waals surface area (Å²) in [5, 5.41) is 0. The minimum Gasteiger partial charge on any atom is -0.489 e. The maximum atomic E-state index is 11.6. The topological polar surface area (TPSA) is 54.0 Å². The zero-order valence-corrected chi connectivity index (χ0v) is 16.4. The Balaban J connectivity index is 1.70. The van der Waals surface area contributed by atoms with Crippen LogP contribution in [-0.4, -0.2) is 19.2 Å². The Morgan fingerprint density at radius 3 is 1.97 bits per heavy atom. The average Bonchev–Trinajstić information content (AvgIpc) is 2.77. The van der Waals surface area contributed by atoms with Crippen molar-refractivity contribution in [2.45, 2.75) is 20.1 Å². The Kier molecular flexibility index (Phi) is 7.52. The first-order valence-electron chi connectivity index (χ1n) is 9.50. The van der Waals surface area contributed by atoms with Crippen LogP contribution in [0.2, 0.25) is 0 Å². The van der Waals surface area contributed by atoms with Crippen molar-refractivity contribution in [3.05, 3.63) is 90.0 Å². The number of ether oxygens (including phenoxy) is 4. The number of hydrogen-bond acceptors (Lipinski definition) is 5. The summed E-state index contributed by atoms with van der Waals surface area (Å²) >= 11 is 0. The molecule has 3 rings (SSSR count). The smallest absolute Gasteiger partial charge is 0.344 e. The van der Waals surface area contributed by atoms with Crippen molar-refractivity contribution in [1.29, 1.82) is 0 Å². The number of benzene rings is 3. The normalized spacial score (nSPS) is 10.2. The Morgan fingerprint density at radius 2 is 1.34 bits per heavy atom. The molecule has 29 heavy (non-hydrogen) atoms. The maximum absolute atomic E-state index is 11.6.